The minimum absolute atomic E-state index is 0. The van der Waals surface area contributed by atoms with Gasteiger partial charge < -0.3 is 4.68 Å². The van der Waals surface area contributed by atoms with Crippen LogP contribution in [0.5, 0.6) is 0 Å². The van der Waals surface area contributed by atoms with E-state index in [0.717, 1.165) is 29.0 Å². The Labute approximate surface area is 262 Å². The van der Waals surface area contributed by atoms with E-state index in [-0.39, 0.29) is 49.5 Å². The monoisotopic (exact) mass is 817 g/mol. The molecule has 13 heteroatoms. The number of ketones is 3. The van der Waals surface area contributed by atoms with Crippen molar-refractivity contribution in [2.75, 3.05) is 0 Å². The fraction of sp³-hybridized carbons (Fsp3) is 0.379. The Hall–Kier alpha value is -2.75. The van der Waals surface area contributed by atoms with E-state index in [1.807, 2.05) is 31.2 Å². The van der Waals surface area contributed by atoms with Gasteiger partial charge in [0.25, 0.3) is 0 Å². The molecule has 6 nitrogen and oxygen atoms in total. The quantitative estimate of drug-likeness (QED) is 0.0937. The maximum absolute atomic E-state index is 12.5. The molecule has 0 radical (unpaired) electrons. The van der Waals surface area contributed by atoms with E-state index in [2.05, 4.69) is 22.7 Å². The van der Waals surface area contributed by atoms with Crippen LogP contribution in [0.4, 0.5) is 26.3 Å². The van der Waals surface area contributed by atoms with Gasteiger partial charge in [-0.3, -0.25) is 24.8 Å². The molecular weight excluding hydrogens is 790 g/mol. The molecule has 0 amide bonds. The van der Waals surface area contributed by atoms with E-state index < -0.39 is 47.2 Å². The first-order valence-corrected chi connectivity index (χ1v) is 12.6. The summed E-state index contributed by atoms with van der Waals surface area (Å²) in [6, 6.07) is 16.4. The average Bonchev–Trinajstić information content (AvgIpc) is 3.24. The Kier molecular flexibility index (Phi) is 11.6. The van der Waals surface area contributed by atoms with Crippen molar-refractivity contribution in [3.8, 4) is 11.3 Å². The first-order valence-electron chi connectivity index (χ1n) is 12.6. The van der Waals surface area contributed by atoms with Crippen LogP contribution in [0.3, 0.4) is 0 Å². The zero-order valence-corrected chi connectivity index (χ0v) is 27.1. The van der Waals surface area contributed by atoms with Gasteiger partial charge in [-0.25, -0.2) is 0 Å². The fourth-order valence-electron chi connectivity index (χ4n) is 4.23. The third-order valence-corrected chi connectivity index (χ3v) is 6.45. The smallest absolute Gasteiger partial charge is 0.376 e. The van der Waals surface area contributed by atoms with Crippen molar-refractivity contribution in [1.29, 1.82) is 0 Å². The van der Waals surface area contributed by atoms with Crippen LogP contribution in [-0.2, 0) is 21.7 Å². The number of aromatic nitrogens is 2. The van der Waals surface area contributed by atoms with Gasteiger partial charge in [0.05, 0.1) is 0 Å². The first-order chi connectivity index (χ1) is 19.0. The molecule has 1 heterocycles. The van der Waals surface area contributed by atoms with E-state index in [9.17, 15) is 40.7 Å². The SMILES string of the molecule is CCn1[c-]cc(-c2cccc(C(C)(C)NC3(CCCC(F)(F)F)C(=O)C3=O)c2)n1.O=C(c1cc[c-]cc1)C(F)(F)F.[U+2]. The van der Waals surface area contributed by atoms with Crippen LogP contribution in [0.25, 0.3) is 11.3 Å². The summed E-state index contributed by atoms with van der Waals surface area (Å²) in [5, 5.41) is 7.46. The molecule has 2 aromatic carbocycles. The number of nitrogens with zero attached hydrogens (tertiary/aromatic N) is 2. The molecule has 0 spiro atoms. The van der Waals surface area contributed by atoms with Crippen LogP contribution in [-0.4, -0.2) is 45.0 Å². The third-order valence-electron chi connectivity index (χ3n) is 6.45. The van der Waals surface area contributed by atoms with E-state index in [1.165, 1.54) is 12.1 Å². The Morgan fingerprint density at radius 1 is 1.02 bits per heavy atom. The van der Waals surface area contributed by atoms with Crippen molar-refractivity contribution >= 4 is 17.3 Å². The minimum atomic E-state index is -4.79. The largest absolute Gasteiger partial charge is 2.00 e. The molecular formula is C29H27F6N3O3U. The molecule has 0 unspecified atom stereocenters. The van der Waals surface area contributed by atoms with Crippen LogP contribution in [0, 0.1) is 43.4 Å². The van der Waals surface area contributed by atoms with Gasteiger partial charge in [-0.05, 0) is 39.2 Å². The molecule has 1 aromatic heterocycles. The molecule has 0 atom stereocenters. The molecule has 3 aromatic rings. The zero-order valence-electron chi connectivity index (χ0n) is 22.9. The van der Waals surface area contributed by atoms with E-state index in [1.54, 1.807) is 24.6 Å². The second kappa shape index (κ2) is 13.7. The number of aryl methyl sites for hydroxylation is 1. The van der Waals surface area contributed by atoms with Gasteiger partial charge in [-0.1, -0.05) is 41.1 Å². The van der Waals surface area contributed by atoms with Crippen LogP contribution in [0.1, 0.15) is 56.0 Å². The molecule has 4 rings (SSSR count). The molecule has 0 bridgehead atoms. The molecule has 1 saturated carbocycles. The molecule has 0 aliphatic heterocycles. The maximum atomic E-state index is 12.5. The van der Waals surface area contributed by atoms with Crippen molar-refractivity contribution in [2.45, 2.75) is 70.0 Å². The number of hydrogen-bond acceptors (Lipinski definition) is 5. The predicted molar refractivity (Wildman–Crippen MR) is 137 cm³/mol. The van der Waals surface area contributed by atoms with Gasteiger partial charge in [0, 0.05) is 18.5 Å². The van der Waals surface area contributed by atoms with E-state index >= 15 is 0 Å². The van der Waals surface area contributed by atoms with Crippen LogP contribution >= 0.6 is 0 Å². The number of alkyl halides is 6. The number of carbonyl (C=O) groups excluding carboxylic acids is 3. The summed E-state index contributed by atoms with van der Waals surface area (Å²) < 4.78 is 74.5. The molecule has 1 fully saturated rings. The van der Waals surface area contributed by atoms with Crippen LogP contribution in [0.15, 0.2) is 54.6 Å². The number of nitrogens with one attached hydrogen (secondary N) is 1. The summed E-state index contributed by atoms with van der Waals surface area (Å²) in [5.74, 6) is -3.13. The molecule has 1 aliphatic rings. The van der Waals surface area contributed by atoms with E-state index in [0.29, 0.717) is 6.54 Å². The predicted octanol–water partition coefficient (Wildman–Crippen LogP) is 6.05. The topological polar surface area (TPSA) is 81.1 Å². The average molecular weight is 818 g/mol. The third kappa shape index (κ3) is 8.88. The van der Waals surface area contributed by atoms with Crippen molar-refractivity contribution in [3.63, 3.8) is 0 Å². The summed E-state index contributed by atoms with van der Waals surface area (Å²) in [5.41, 5.74) is -0.316. The number of benzene rings is 2. The molecule has 1 N–H and O–H groups in total. The Morgan fingerprint density at radius 3 is 2.14 bits per heavy atom. The molecule has 222 valence electrons. The van der Waals surface area contributed by atoms with Crippen LogP contribution < -0.4 is 5.32 Å². The van der Waals surface area contributed by atoms with Gasteiger partial charge in [-0.2, -0.15) is 62.7 Å². The van der Waals surface area contributed by atoms with Gasteiger partial charge >= 0.3 is 43.5 Å². The minimum Gasteiger partial charge on any atom is -0.376 e. The summed E-state index contributed by atoms with van der Waals surface area (Å²) in [6.07, 6.45) is -7.56. The summed E-state index contributed by atoms with van der Waals surface area (Å²) in [7, 11) is 0. The molecule has 1 aliphatic carbocycles. The van der Waals surface area contributed by atoms with Crippen molar-refractivity contribution in [1.82, 2.24) is 15.1 Å². The second-order valence-electron chi connectivity index (χ2n) is 9.95. The van der Waals surface area contributed by atoms with Gasteiger partial charge in [-0.15, -0.1) is 6.20 Å². The van der Waals surface area contributed by atoms with Gasteiger partial charge in [0.15, 0.2) is 5.54 Å². The standard InChI is InChI=1S/C21H23F3N3O2.C8H4F3O.U/c1-4-27-12-9-16(25-27)14-7-5-8-15(13-14)19(2,3)26-20(17(28)18(20)29)10-6-11-21(22,23)24;9-8(10,11)7(12)6-4-2-1-3-5-6;/h5,7-9,13,26H,4,6,10-11H2,1-3H3;2-5H;/q2*-1;+2. The van der Waals surface area contributed by atoms with Crippen molar-refractivity contribution in [3.05, 3.63) is 78.0 Å². The summed E-state index contributed by atoms with van der Waals surface area (Å²) >= 11 is 0. The Morgan fingerprint density at radius 2 is 1.64 bits per heavy atom. The van der Waals surface area contributed by atoms with Crippen LogP contribution in [0.2, 0.25) is 0 Å². The summed E-state index contributed by atoms with van der Waals surface area (Å²) in [4.78, 5) is 34.6. The van der Waals surface area contributed by atoms with Crippen molar-refractivity contribution < 1.29 is 71.8 Å². The maximum Gasteiger partial charge on any atom is 2.00 e. The molecule has 0 saturated heterocycles. The number of Topliss-reactive ketones (excluding diaryl/α,β-unsaturated/α-hetero) is 3. The number of hydrogen-bond donors (Lipinski definition) is 1. The number of halogens is 6. The normalized spacial score (nSPS) is 14.5. The summed E-state index contributed by atoms with van der Waals surface area (Å²) in [6.45, 7) is 6.25. The number of carbonyl (C=O) groups is 3. The number of rotatable bonds is 9. The second-order valence-corrected chi connectivity index (χ2v) is 9.95. The Balaban J connectivity index is 0.000000399. The van der Waals surface area contributed by atoms with Gasteiger partial charge in [0.1, 0.15) is 0 Å². The van der Waals surface area contributed by atoms with Gasteiger partial charge in [0.2, 0.25) is 17.3 Å². The van der Waals surface area contributed by atoms with E-state index in [4.69, 9.17) is 0 Å². The Bertz CT molecular complexity index is 1390. The zero-order chi connectivity index (χ0) is 30.6. The molecule has 42 heavy (non-hydrogen) atoms. The van der Waals surface area contributed by atoms with Crippen molar-refractivity contribution in [2.24, 2.45) is 0 Å². The first kappa shape index (κ1) is 35.4. The fourth-order valence-corrected chi connectivity index (χ4v) is 4.23.